The monoisotopic (exact) mass is 269 g/mol. The van der Waals surface area contributed by atoms with Crippen LogP contribution in [-0.2, 0) is 0 Å². The molecule has 18 heavy (non-hydrogen) atoms. The summed E-state index contributed by atoms with van der Waals surface area (Å²) in [6, 6.07) is -0.372. The van der Waals surface area contributed by atoms with Crippen molar-refractivity contribution in [3.05, 3.63) is 16.1 Å². The van der Waals surface area contributed by atoms with Gasteiger partial charge in [-0.1, -0.05) is 0 Å². The molecule has 0 saturated carbocycles. The third-order valence-electron chi connectivity index (χ3n) is 2.84. The zero-order valence-electron chi connectivity index (χ0n) is 10.0. The largest absolute Gasteiger partial charge is 0.476 e. The normalized spacial score (nSPS) is 16.6. The zero-order chi connectivity index (χ0) is 13.1. The van der Waals surface area contributed by atoms with Crippen molar-refractivity contribution < 1.29 is 14.7 Å². The van der Waals surface area contributed by atoms with E-state index in [0.717, 1.165) is 25.9 Å². The molecule has 0 aromatic carbocycles. The van der Waals surface area contributed by atoms with Crippen LogP contribution >= 0.6 is 11.3 Å². The number of urea groups is 1. The van der Waals surface area contributed by atoms with Gasteiger partial charge in [0.05, 0.1) is 6.04 Å². The van der Waals surface area contributed by atoms with Crippen molar-refractivity contribution in [2.24, 2.45) is 0 Å². The second kappa shape index (κ2) is 5.34. The predicted octanol–water partition coefficient (Wildman–Crippen LogP) is 1.71. The number of hydrogen-bond acceptors (Lipinski definition) is 4. The number of carboxylic acid groups (broad SMARTS) is 1. The lowest BCUT2D eigenvalue weighted by molar-refractivity contribution is 0.0691. The SMILES string of the molecule is CC(NC(=O)N1CCCC1)c1nc(C(=O)O)cs1. The Morgan fingerprint density at radius 2 is 2.17 bits per heavy atom. The van der Waals surface area contributed by atoms with Crippen molar-refractivity contribution in [2.45, 2.75) is 25.8 Å². The van der Waals surface area contributed by atoms with Crippen LogP contribution in [0.15, 0.2) is 5.38 Å². The molecule has 1 aliphatic rings. The first-order valence-corrected chi connectivity index (χ1v) is 6.70. The van der Waals surface area contributed by atoms with Crippen LogP contribution in [-0.4, -0.2) is 40.1 Å². The van der Waals surface area contributed by atoms with Gasteiger partial charge in [-0.15, -0.1) is 11.3 Å². The lowest BCUT2D eigenvalue weighted by Crippen LogP contribution is -2.39. The molecule has 1 atom stereocenters. The summed E-state index contributed by atoms with van der Waals surface area (Å²) in [7, 11) is 0. The summed E-state index contributed by atoms with van der Waals surface area (Å²) in [4.78, 5) is 28.3. The fraction of sp³-hybridized carbons (Fsp3) is 0.545. The van der Waals surface area contributed by atoms with E-state index in [-0.39, 0.29) is 17.8 Å². The lowest BCUT2D eigenvalue weighted by Gasteiger charge is -2.19. The average Bonchev–Trinajstić information content (AvgIpc) is 3.00. The first kappa shape index (κ1) is 12.8. The third-order valence-corrected chi connectivity index (χ3v) is 3.87. The number of likely N-dealkylation sites (tertiary alicyclic amines) is 1. The van der Waals surface area contributed by atoms with Gasteiger partial charge >= 0.3 is 12.0 Å². The number of hydrogen-bond donors (Lipinski definition) is 2. The first-order chi connectivity index (χ1) is 8.58. The van der Waals surface area contributed by atoms with E-state index < -0.39 is 5.97 Å². The Morgan fingerprint density at radius 1 is 1.50 bits per heavy atom. The number of rotatable bonds is 3. The minimum atomic E-state index is -1.05. The van der Waals surface area contributed by atoms with Gasteiger partial charge in [-0.25, -0.2) is 14.6 Å². The number of carbonyl (C=O) groups is 2. The Labute approximate surface area is 109 Å². The molecule has 98 valence electrons. The Morgan fingerprint density at radius 3 is 2.72 bits per heavy atom. The molecule has 0 aliphatic carbocycles. The van der Waals surface area contributed by atoms with Crippen LogP contribution in [0.1, 0.15) is 41.3 Å². The molecule has 1 aliphatic heterocycles. The first-order valence-electron chi connectivity index (χ1n) is 5.82. The summed E-state index contributed by atoms with van der Waals surface area (Å²) in [6.07, 6.45) is 2.09. The Bertz CT molecular complexity index is 454. The van der Waals surface area contributed by atoms with Crippen molar-refractivity contribution >= 4 is 23.3 Å². The van der Waals surface area contributed by atoms with E-state index in [1.54, 1.807) is 11.8 Å². The van der Waals surface area contributed by atoms with Crippen molar-refractivity contribution in [1.29, 1.82) is 0 Å². The van der Waals surface area contributed by atoms with Gasteiger partial charge in [0.15, 0.2) is 5.69 Å². The van der Waals surface area contributed by atoms with Gasteiger partial charge in [-0.3, -0.25) is 0 Å². The van der Waals surface area contributed by atoms with Gasteiger partial charge in [-0.2, -0.15) is 0 Å². The van der Waals surface area contributed by atoms with E-state index in [1.807, 2.05) is 0 Å². The van der Waals surface area contributed by atoms with Gasteiger partial charge in [0, 0.05) is 18.5 Å². The van der Waals surface area contributed by atoms with Gasteiger partial charge in [0.25, 0.3) is 0 Å². The molecule has 1 saturated heterocycles. The molecule has 2 rings (SSSR count). The van der Waals surface area contributed by atoms with Crippen molar-refractivity contribution in [1.82, 2.24) is 15.2 Å². The Hall–Kier alpha value is -1.63. The minimum Gasteiger partial charge on any atom is -0.476 e. The van der Waals surface area contributed by atoms with E-state index in [0.29, 0.717) is 5.01 Å². The predicted molar refractivity (Wildman–Crippen MR) is 66.8 cm³/mol. The number of nitrogens with one attached hydrogen (secondary N) is 1. The lowest BCUT2D eigenvalue weighted by atomic mass is 10.3. The molecule has 0 bridgehead atoms. The minimum absolute atomic E-state index is 0.0253. The number of carbonyl (C=O) groups excluding carboxylic acids is 1. The summed E-state index contributed by atoms with van der Waals surface area (Å²) in [5.74, 6) is -1.05. The second-order valence-corrected chi connectivity index (χ2v) is 5.13. The molecule has 2 heterocycles. The van der Waals surface area contributed by atoms with E-state index in [1.165, 1.54) is 16.7 Å². The van der Waals surface area contributed by atoms with Gasteiger partial charge in [0.1, 0.15) is 5.01 Å². The molecule has 1 fully saturated rings. The molecule has 2 N–H and O–H groups in total. The molecule has 1 aromatic heterocycles. The molecule has 0 spiro atoms. The summed E-state index contributed by atoms with van der Waals surface area (Å²) < 4.78 is 0. The molecule has 2 amide bonds. The van der Waals surface area contributed by atoms with Crippen molar-refractivity contribution in [3.63, 3.8) is 0 Å². The summed E-state index contributed by atoms with van der Waals surface area (Å²) in [5.41, 5.74) is 0.0253. The average molecular weight is 269 g/mol. The maximum Gasteiger partial charge on any atom is 0.355 e. The van der Waals surface area contributed by atoms with Crippen molar-refractivity contribution in [2.75, 3.05) is 13.1 Å². The summed E-state index contributed by atoms with van der Waals surface area (Å²) in [6.45, 7) is 3.38. The van der Waals surface area contributed by atoms with Crippen LogP contribution in [0.4, 0.5) is 4.79 Å². The van der Waals surface area contributed by atoms with Gasteiger partial charge < -0.3 is 15.3 Å². The quantitative estimate of drug-likeness (QED) is 0.875. The molecule has 0 radical (unpaired) electrons. The highest BCUT2D eigenvalue weighted by Crippen LogP contribution is 2.18. The molecule has 1 aromatic rings. The summed E-state index contributed by atoms with van der Waals surface area (Å²) in [5, 5.41) is 13.7. The molecule has 7 heteroatoms. The smallest absolute Gasteiger partial charge is 0.355 e. The zero-order valence-corrected chi connectivity index (χ0v) is 10.9. The van der Waals surface area contributed by atoms with Crippen LogP contribution in [0.25, 0.3) is 0 Å². The van der Waals surface area contributed by atoms with Crippen LogP contribution < -0.4 is 5.32 Å². The maximum atomic E-state index is 11.8. The molecule has 6 nitrogen and oxygen atoms in total. The number of amides is 2. The highest BCUT2D eigenvalue weighted by Gasteiger charge is 2.21. The van der Waals surface area contributed by atoms with E-state index in [4.69, 9.17) is 5.11 Å². The van der Waals surface area contributed by atoms with Crippen LogP contribution in [0.2, 0.25) is 0 Å². The summed E-state index contributed by atoms with van der Waals surface area (Å²) >= 11 is 1.25. The van der Waals surface area contributed by atoms with Crippen LogP contribution in [0.5, 0.6) is 0 Å². The van der Waals surface area contributed by atoms with E-state index in [2.05, 4.69) is 10.3 Å². The van der Waals surface area contributed by atoms with Crippen LogP contribution in [0, 0.1) is 0 Å². The van der Waals surface area contributed by atoms with Gasteiger partial charge in [-0.05, 0) is 19.8 Å². The number of aromatic carboxylic acids is 1. The highest BCUT2D eigenvalue weighted by molar-refractivity contribution is 7.09. The van der Waals surface area contributed by atoms with E-state index >= 15 is 0 Å². The number of nitrogens with zero attached hydrogens (tertiary/aromatic N) is 2. The maximum absolute atomic E-state index is 11.8. The molecular formula is C11H15N3O3S. The van der Waals surface area contributed by atoms with Crippen molar-refractivity contribution in [3.8, 4) is 0 Å². The second-order valence-electron chi connectivity index (χ2n) is 4.24. The third kappa shape index (κ3) is 2.79. The Kier molecular flexibility index (Phi) is 3.81. The number of carboxylic acids is 1. The standard InChI is InChI=1S/C11H15N3O3S/c1-7(9-13-8(6-18-9)10(15)16)12-11(17)14-4-2-3-5-14/h6-7H,2-5H2,1H3,(H,12,17)(H,15,16). The fourth-order valence-corrected chi connectivity index (χ4v) is 2.64. The molecular weight excluding hydrogens is 254 g/mol. The Balaban J connectivity index is 1.95. The molecule has 1 unspecified atom stereocenters. The highest BCUT2D eigenvalue weighted by atomic mass is 32.1. The number of aromatic nitrogens is 1. The van der Waals surface area contributed by atoms with Gasteiger partial charge in [0.2, 0.25) is 0 Å². The topological polar surface area (TPSA) is 82.5 Å². The van der Waals surface area contributed by atoms with E-state index in [9.17, 15) is 9.59 Å². The fourth-order valence-electron chi connectivity index (χ4n) is 1.84. The van der Waals surface area contributed by atoms with Crippen LogP contribution in [0.3, 0.4) is 0 Å². The number of thiazole rings is 1.